The van der Waals surface area contributed by atoms with Crippen molar-refractivity contribution >= 4 is 39.3 Å². The molecule has 1 N–H and O–H groups in total. The van der Waals surface area contributed by atoms with Crippen LogP contribution in [0.4, 0.5) is 5.69 Å². The largest absolute Gasteiger partial charge is 0.538 e. The average molecular weight is 434 g/mol. The summed E-state index contributed by atoms with van der Waals surface area (Å²) in [6, 6.07) is 14.8. The number of carbonyl (C=O) groups is 1. The molecule has 0 saturated carbocycles. The molecule has 0 aliphatic carbocycles. The maximum atomic E-state index is 12.4. The Bertz CT molecular complexity index is 910. The Kier molecular flexibility index (Phi) is 5.63. The van der Waals surface area contributed by atoms with Gasteiger partial charge in [0.05, 0.1) is 10.5 Å². The maximum absolute atomic E-state index is 12.4. The van der Waals surface area contributed by atoms with Crippen molar-refractivity contribution in [3.63, 3.8) is 0 Å². The molecule has 0 bridgehead atoms. The molecule has 1 unspecified atom stereocenters. The van der Waals surface area contributed by atoms with Crippen LogP contribution in [0.5, 0.6) is 5.95 Å². The van der Waals surface area contributed by atoms with Crippen molar-refractivity contribution in [3.8, 4) is 11.6 Å². The van der Waals surface area contributed by atoms with Gasteiger partial charge in [0.25, 0.3) is 5.03 Å². The number of aromatic nitrogens is 2. The number of nitrogens with one attached hydrogen (secondary N) is 1. The number of rotatable bonds is 5. The summed E-state index contributed by atoms with van der Waals surface area (Å²) in [5.41, 5.74) is 2.48. The highest BCUT2D eigenvalue weighted by Crippen LogP contribution is 2.28. The first-order chi connectivity index (χ1) is 12.4. The number of thioether (sulfide) groups is 1. The van der Waals surface area contributed by atoms with Gasteiger partial charge in [-0.25, -0.2) is 0 Å². The molecule has 3 rings (SSSR count). The molecule has 0 radical (unpaired) electrons. The lowest BCUT2D eigenvalue weighted by Crippen LogP contribution is -2.36. The van der Waals surface area contributed by atoms with Crippen molar-refractivity contribution in [1.82, 2.24) is 5.27 Å². The van der Waals surface area contributed by atoms with Crippen molar-refractivity contribution < 1.29 is 19.1 Å². The third-order valence-electron chi connectivity index (χ3n) is 3.62. The number of halogens is 1. The summed E-state index contributed by atoms with van der Waals surface area (Å²) in [6.45, 7) is 3.70. The zero-order valence-electron chi connectivity index (χ0n) is 14.1. The lowest BCUT2D eigenvalue weighted by molar-refractivity contribution is -0.705. The minimum absolute atomic E-state index is 0.214. The summed E-state index contributed by atoms with van der Waals surface area (Å²) >= 11 is 4.46. The van der Waals surface area contributed by atoms with Crippen molar-refractivity contribution in [2.45, 2.75) is 24.1 Å². The molecule has 3 aromatic rings. The van der Waals surface area contributed by atoms with Gasteiger partial charge in [0.2, 0.25) is 11.6 Å². The van der Waals surface area contributed by atoms with E-state index in [0.29, 0.717) is 11.4 Å². The van der Waals surface area contributed by atoms with Crippen LogP contribution in [0.3, 0.4) is 0 Å². The number of anilines is 1. The molecule has 26 heavy (non-hydrogen) atoms. The summed E-state index contributed by atoms with van der Waals surface area (Å²) in [5.74, 6) is -0.785. The number of amides is 1. The standard InChI is InChI=1S/C18H16BrN3O3S/c1-11-3-9-15(10-4-11)22-17(18(24)25-21-22)26-12(2)16(23)20-14-7-5-13(19)6-8-14/h3-10,12H,1-2H3,(H-,20,21,23,24). The van der Waals surface area contributed by atoms with Crippen LogP contribution in [0.1, 0.15) is 12.5 Å². The highest BCUT2D eigenvalue weighted by molar-refractivity contribution is 9.10. The Hall–Kier alpha value is -2.32. The number of benzene rings is 2. The zero-order chi connectivity index (χ0) is 18.7. The molecular formula is C18H16BrN3O3S. The van der Waals surface area contributed by atoms with Crippen LogP contribution in [0.15, 0.2) is 62.6 Å². The first-order valence-electron chi connectivity index (χ1n) is 7.83. The second-order valence-electron chi connectivity index (χ2n) is 5.67. The molecule has 134 valence electrons. The van der Waals surface area contributed by atoms with E-state index in [1.54, 1.807) is 19.1 Å². The number of hydrogen-bond acceptors (Lipinski definition) is 5. The third kappa shape index (κ3) is 4.25. The summed E-state index contributed by atoms with van der Waals surface area (Å²) in [7, 11) is 0. The smallest absolute Gasteiger partial charge is 0.298 e. The van der Waals surface area contributed by atoms with Crippen molar-refractivity contribution in [1.29, 1.82) is 0 Å². The van der Waals surface area contributed by atoms with Crippen LogP contribution in [0, 0.1) is 6.92 Å². The Morgan fingerprint density at radius 3 is 2.54 bits per heavy atom. The van der Waals surface area contributed by atoms with Gasteiger partial charge in [-0.2, -0.15) is 0 Å². The Morgan fingerprint density at radius 1 is 1.23 bits per heavy atom. The van der Waals surface area contributed by atoms with E-state index >= 15 is 0 Å². The monoisotopic (exact) mass is 433 g/mol. The van der Waals surface area contributed by atoms with Gasteiger partial charge in [-0.3, -0.25) is 4.79 Å². The highest BCUT2D eigenvalue weighted by atomic mass is 79.9. The van der Waals surface area contributed by atoms with Crippen LogP contribution in [-0.4, -0.2) is 16.4 Å². The molecule has 0 fully saturated rings. The van der Waals surface area contributed by atoms with Crippen molar-refractivity contribution in [2.24, 2.45) is 0 Å². The summed E-state index contributed by atoms with van der Waals surface area (Å²) in [5, 5.41) is 18.4. The normalized spacial score (nSPS) is 12.0. The summed E-state index contributed by atoms with van der Waals surface area (Å²) in [4.78, 5) is 12.4. The van der Waals surface area contributed by atoms with Crippen LogP contribution in [0.2, 0.25) is 0 Å². The van der Waals surface area contributed by atoms with Crippen LogP contribution in [-0.2, 0) is 4.79 Å². The third-order valence-corrected chi connectivity index (χ3v) is 5.28. The van der Waals surface area contributed by atoms with Gasteiger partial charge in [0.1, 0.15) is 0 Å². The Labute approximate surface area is 163 Å². The molecule has 0 saturated heterocycles. The summed E-state index contributed by atoms with van der Waals surface area (Å²) in [6.07, 6.45) is 0. The second-order valence-corrected chi connectivity index (χ2v) is 7.91. The number of carbonyl (C=O) groups excluding carboxylic acids is 1. The number of aryl methyl sites for hydroxylation is 1. The van der Waals surface area contributed by atoms with E-state index in [4.69, 9.17) is 4.52 Å². The van der Waals surface area contributed by atoms with E-state index in [1.807, 2.05) is 43.3 Å². The minimum Gasteiger partial charge on any atom is -0.538 e. The molecule has 8 heteroatoms. The Balaban J connectivity index is 1.75. The second kappa shape index (κ2) is 7.92. The molecule has 0 spiro atoms. The maximum Gasteiger partial charge on any atom is 0.298 e. The van der Waals surface area contributed by atoms with E-state index in [0.717, 1.165) is 21.8 Å². The van der Waals surface area contributed by atoms with Crippen molar-refractivity contribution in [2.75, 3.05) is 5.32 Å². The van der Waals surface area contributed by atoms with E-state index < -0.39 is 11.2 Å². The fraction of sp³-hybridized carbons (Fsp3) is 0.167. The van der Waals surface area contributed by atoms with E-state index in [9.17, 15) is 9.90 Å². The lowest BCUT2D eigenvalue weighted by Gasteiger charge is -2.10. The van der Waals surface area contributed by atoms with Gasteiger partial charge in [-0.05, 0) is 54.6 Å². The van der Waals surface area contributed by atoms with E-state index in [1.165, 1.54) is 4.68 Å². The molecule has 1 atom stereocenters. The fourth-order valence-electron chi connectivity index (χ4n) is 2.19. The number of hydrogen-bond donors (Lipinski definition) is 1. The van der Waals surface area contributed by atoms with Gasteiger partial charge in [0, 0.05) is 22.3 Å². The van der Waals surface area contributed by atoms with Crippen LogP contribution in [0.25, 0.3) is 5.69 Å². The zero-order valence-corrected chi connectivity index (χ0v) is 16.5. The molecule has 1 amide bonds. The predicted octanol–water partition coefficient (Wildman–Crippen LogP) is 3.22. The first kappa shape index (κ1) is 18.5. The molecule has 1 aromatic heterocycles. The van der Waals surface area contributed by atoms with Gasteiger partial charge in [0.15, 0.2) is 5.95 Å². The minimum atomic E-state index is -0.570. The van der Waals surface area contributed by atoms with Gasteiger partial charge >= 0.3 is 0 Å². The van der Waals surface area contributed by atoms with E-state index in [-0.39, 0.29) is 10.9 Å². The average Bonchev–Trinajstić information content (AvgIpc) is 2.98. The predicted molar refractivity (Wildman–Crippen MR) is 100 cm³/mol. The Morgan fingerprint density at radius 2 is 1.88 bits per heavy atom. The van der Waals surface area contributed by atoms with E-state index in [2.05, 4.69) is 26.5 Å². The molecule has 2 aromatic carbocycles. The topological polar surface area (TPSA) is 82.1 Å². The van der Waals surface area contributed by atoms with Crippen LogP contribution < -0.4 is 15.1 Å². The quantitative estimate of drug-likeness (QED) is 0.493. The molecular weight excluding hydrogens is 418 g/mol. The number of nitrogens with zero attached hydrogens (tertiary/aromatic N) is 2. The first-order valence-corrected chi connectivity index (χ1v) is 9.50. The molecule has 0 aliphatic heterocycles. The van der Waals surface area contributed by atoms with Gasteiger partial charge in [-0.1, -0.05) is 33.6 Å². The fourth-order valence-corrected chi connectivity index (χ4v) is 3.32. The molecule has 1 heterocycles. The highest BCUT2D eigenvalue weighted by Gasteiger charge is 2.26. The SMILES string of the molecule is Cc1ccc(-[n+]2noc([O-])c2SC(C)C(=O)Nc2ccc(Br)cc2)cc1. The van der Waals surface area contributed by atoms with Crippen LogP contribution >= 0.6 is 27.7 Å². The molecule has 0 aliphatic rings. The van der Waals surface area contributed by atoms with Gasteiger partial charge < -0.3 is 14.9 Å². The lowest BCUT2D eigenvalue weighted by atomic mass is 10.2. The molecule has 6 nitrogen and oxygen atoms in total. The van der Waals surface area contributed by atoms with Crippen molar-refractivity contribution in [3.05, 3.63) is 58.6 Å². The summed E-state index contributed by atoms with van der Waals surface area (Å²) < 4.78 is 7.13. The van der Waals surface area contributed by atoms with Gasteiger partial charge in [-0.15, -0.1) is 0 Å².